The highest BCUT2D eigenvalue weighted by Gasteiger charge is 2.48. The lowest BCUT2D eigenvalue weighted by Crippen LogP contribution is -2.63. The Balaban J connectivity index is 1.53. The molecule has 0 unspecified atom stereocenters. The van der Waals surface area contributed by atoms with Crippen molar-refractivity contribution in [2.45, 2.75) is 44.2 Å². The monoisotopic (exact) mass is 369 g/mol. The largest absolute Gasteiger partial charge is 0.374 e. The first-order chi connectivity index (χ1) is 13.1. The minimum absolute atomic E-state index is 0.0848. The SMILES string of the molecule is N#CC1(C(=O)N2CC[C@@H]3OCCN(C(=O)c4cnccn4)[C@H]3C2)CCCC1. The highest BCUT2D eigenvalue weighted by molar-refractivity contribution is 5.92. The van der Waals surface area contributed by atoms with Crippen LogP contribution in [-0.4, -0.2) is 70.0 Å². The first kappa shape index (κ1) is 17.9. The van der Waals surface area contributed by atoms with Crippen LogP contribution in [0.4, 0.5) is 0 Å². The van der Waals surface area contributed by atoms with Gasteiger partial charge in [0.15, 0.2) is 0 Å². The Kier molecular flexibility index (Phi) is 4.79. The molecule has 1 aromatic heterocycles. The number of hydrogen-bond donors (Lipinski definition) is 0. The molecule has 3 fully saturated rings. The van der Waals surface area contributed by atoms with Crippen LogP contribution in [-0.2, 0) is 9.53 Å². The van der Waals surface area contributed by atoms with Gasteiger partial charge in [0.25, 0.3) is 5.91 Å². The lowest BCUT2D eigenvalue weighted by molar-refractivity contribution is -0.147. The molecule has 4 rings (SSSR count). The van der Waals surface area contributed by atoms with Gasteiger partial charge in [-0.1, -0.05) is 12.8 Å². The van der Waals surface area contributed by atoms with Gasteiger partial charge in [-0.05, 0) is 19.3 Å². The van der Waals surface area contributed by atoms with Crippen LogP contribution in [0.1, 0.15) is 42.6 Å². The van der Waals surface area contributed by atoms with E-state index in [9.17, 15) is 14.9 Å². The van der Waals surface area contributed by atoms with E-state index in [1.807, 2.05) is 0 Å². The van der Waals surface area contributed by atoms with E-state index in [1.54, 1.807) is 9.80 Å². The zero-order chi connectivity index (χ0) is 18.9. The predicted octanol–water partition coefficient (Wildman–Crippen LogP) is 1.00. The number of hydrogen-bond acceptors (Lipinski definition) is 6. The van der Waals surface area contributed by atoms with Gasteiger partial charge in [0, 0.05) is 32.0 Å². The van der Waals surface area contributed by atoms with E-state index in [4.69, 9.17) is 4.74 Å². The molecule has 2 amide bonds. The third-order valence-electron chi connectivity index (χ3n) is 6.00. The van der Waals surface area contributed by atoms with E-state index in [2.05, 4.69) is 16.0 Å². The van der Waals surface area contributed by atoms with Crippen LogP contribution in [0, 0.1) is 16.7 Å². The zero-order valence-corrected chi connectivity index (χ0v) is 15.2. The van der Waals surface area contributed by atoms with Crippen LogP contribution in [0.5, 0.6) is 0 Å². The Bertz CT molecular complexity index is 756. The van der Waals surface area contributed by atoms with Gasteiger partial charge in [-0.2, -0.15) is 5.26 Å². The number of morpholine rings is 1. The van der Waals surface area contributed by atoms with Crippen molar-refractivity contribution < 1.29 is 14.3 Å². The summed E-state index contributed by atoms with van der Waals surface area (Å²) < 4.78 is 5.87. The Hall–Kier alpha value is -2.53. The predicted molar refractivity (Wildman–Crippen MR) is 94.3 cm³/mol. The molecule has 0 N–H and O–H groups in total. The highest BCUT2D eigenvalue weighted by Crippen LogP contribution is 2.40. The van der Waals surface area contributed by atoms with Crippen molar-refractivity contribution in [2.75, 3.05) is 26.2 Å². The topological polar surface area (TPSA) is 99.4 Å². The number of amides is 2. The molecule has 2 aliphatic heterocycles. The number of nitrogens with zero attached hydrogens (tertiary/aromatic N) is 5. The summed E-state index contributed by atoms with van der Waals surface area (Å²) in [6, 6.07) is 2.07. The maximum Gasteiger partial charge on any atom is 0.274 e. The van der Waals surface area contributed by atoms with Crippen LogP contribution in [0.15, 0.2) is 18.6 Å². The normalized spacial score (nSPS) is 26.9. The fraction of sp³-hybridized carbons (Fsp3) is 0.632. The quantitative estimate of drug-likeness (QED) is 0.771. The number of nitriles is 1. The average molecular weight is 369 g/mol. The van der Waals surface area contributed by atoms with E-state index in [-0.39, 0.29) is 24.0 Å². The Labute approximate surface area is 158 Å². The minimum atomic E-state index is -0.887. The number of carbonyl (C=O) groups excluding carboxylic acids is 2. The molecule has 0 spiro atoms. The van der Waals surface area contributed by atoms with Crippen molar-refractivity contribution >= 4 is 11.8 Å². The second-order valence-electron chi connectivity index (χ2n) is 7.51. The number of piperidine rings is 1. The van der Waals surface area contributed by atoms with Crippen molar-refractivity contribution in [3.63, 3.8) is 0 Å². The molecule has 8 nitrogen and oxygen atoms in total. The third-order valence-corrected chi connectivity index (χ3v) is 6.00. The molecule has 3 heterocycles. The maximum absolute atomic E-state index is 13.1. The minimum Gasteiger partial charge on any atom is -0.374 e. The summed E-state index contributed by atoms with van der Waals surface area (Å²) in [6.45, 7) is 1.90. The van der Waals surface area contributed by atoms with Gasteiger partial charge in [-0.25, -0.2) is 4.98 Å². The molecule has 27 heavy (non-hydrogen) atoms. The number of ether oxygens (including phenoxy) is 1. The summed E-state index contributed by atoms with van der Waals surface area (Å²) in [5.74, 6) is -0.273. The number of carbonyl (C=O) groups is 2. The standard InChI is InChI=1S/C19H23N5O3/c20-13-19(4-1-2-5-19)18(26)23-8-3-16-15(12-23)24(9-10-27-16)17(25)14-11-21-6-7-22-14/h6-7,11,15-16H,1-5,8-10,12H2/t15-,16-/m0/s1. The lowest BCUT2D eigenvalue weighted by atomic mass is 9.85. The number of rotatable bonds is 2. The van der Waals surface area contributed by atoms with Crippen molar-refractivity contribution in [2.24, 2.45) is 5.41 Å². The summed E-state index contributed by atoms with van der Waals surface area (Å²) in [5, 5.41) is 9.64. The van der Waals surface area contributed by atoms with Crippen molar-refractivity contribution in [3.8, 4) is 6.07 Å². The van der Waals surface area contributed by atoms with Gasteiger partial charge in [-0.3, -0.25) is 14.6 Å². The second-order valence-corrected chi connectivity index (χ2v) is 7.51. The van der Waals surface area contributed by atoms with Crippen molar-refractivity contribution in [1.29, 1.82) is 5.26 Å². The molecule has 2 atom stereocenters. The van der Waals surface area contributed by atoms with Gasteiger partial charge < -0.3 is 14.5 Å². The van der Waals surface area contributed by atoms with E-state index in [1.165, 1.54) is 18.6 Å². The molecule has 2 saturated heterocycles. The molecule has 8 heteroatoms. The molecule has 0 aromatic carbocycles. The van der Waals surface area contributed by atoms with Gasteiger partial charge in [0.1, 0.15) is 11.1 Å². The molecule has 0 bridgehead atoms. The summed E-state index contributed by atoms with van der Waals surface area (Å²) in [6.07, 6.45) is 8.16. The second kappa shape index (κ2) is 7.24. The molecular formula is C19H23N5O3. The summed E-state index contributed by atoms with van der Waals surface area (Å²) in [4.78, 5) is 37.6. The van der Waals surface area contributed by atoms with Gasteiger partial charge >= 0.3 is 0 Å². The van der Waals surface area contributed by atoms with E-state index in [0.29, 0.717) is 51.2 Å². The Morgan fingerprint density at radius 3 is 2.78 bits per heavy atom. The van der Waals surface area contributed by atoms with Crippen LogP contribution in [0.2, 0.25) is 0 Å². The fourth-order valence-electron chi connectivity index (χ4n) is 4.52. The molecule has 0 radical (unpaired) electrons. The smallest absolute Gasteiger partial charge is 0.274 e. The number of aromatic nitrogens is 2. The van der Waals surface area contributed by atoms with E-state index < -0.39 is 5.41 Å². The fourth-order valence-corrected chi connectivity index (χ4v) is 4.52. The Morgan fingerprint density at radius 2 is 2.07 bits per heavy atom. The van der Waals surface area contributed by atoms with Crippen LogP contribution < -0.4 is 0 Å². The van der Waals surface area contributed by atoms with Crippen LogP contribution in [0.3, 0.4) is 0 Å². The van der Waals surface area contributed by atoms with E-state index in [0.717, 1.165) is 12.8 Å². The van der Waals surface area contributed by atoms with Gasteiger partial charge in [0.05, 0.1) is 31.0 Å². The first-order valence-corrected chi connectivity index (χ1v) is 9.54. The van der Waals surface area contributed by atoms with Crippen LogP contribution >= 0.6 is 0 Å². The molecule has 1 saturated carbocycles. The highest BCUT2D eigenvalue weighted by atomic mass is 16.5. The third kappa shape index (κ3) is 3.16. The van der Waals surface area contributed by atoms with Crippen LogP contribution in [0.25, 0.3) is 0 Å². The van der Waals surface area contributed by atoms with Crippen molar-refractivity contribution in [3.05, 3.63) is 24.3 Å². The molecular weight excluding hydrogens is 346 g/mol. The summed E-state index contributed by atoms with van der Waals surface area (Å²) >= 11 is 0. The zero-order valence-electron chi connectivity index (χ0n) is 15.2. The Morgan fingerprint density at radius 1 is 1.26 bits per heavy atom. The summed E-state index contributed by atoms with van der Waals surface area (Å²) in [7, 11) is 0. The molecule has 142 valence electrons. The lowest BCUT2D eigenvalue weighted by Gasteiger charge is -2.47. The van der Waals surface area contributed by atoms with E-state index >= 15 is 0 Å². The van der Waals surface area contributed by atoms with Gasteiger partial charge in [-0.15, -0.1) is 0 Å². The van der Waals surface area contributed by atoms with Crippen molar-refractivity contribution in [1.82, 2.24) is 19.8 Å². The number of fused-ring (bicyclic) bond motifs is 1. The number of likely N-dealkylation sites (tertiary alicyclic amines) is 1. The molecule has 1 aliphatic carbocycles. The molecule has 3 aliphatic rings. The first-order valence-electron chi connectivity index (χ1n) is 9.54. The summed E-state index contributed by atoms with van der Waals surface area (Å²) in [5.41, 5.74) is -0.590. The van der Waals surface area contributed by atoms with Gasteiger partial charge in [0.2, 0.25) is 5.91 Å². The maximum atomic E-state index is 13.1. The molecule has 1 aromatic rings. The average Bonchev–Trinajstić information content (AvgIpc) is 3.23.